The Balaban J connectivity index is 2.07. The fourth-order valence-electron chi connectivity index (χ4n) is 3.09. The van der Waals surface area contributed by atoms with E-state index in [1.54, 1.807) is 12.4 Å². The highest BCUT2D eigenvalue weighted by atomic mass is 35.5. The van der Waals surface area contributed by atoms with E-state index >= 15 is 0 Å². The molecule has 0 fully saturated rings. The number of aromatic nitrogens is 2. The van der Waals surface area contributed by atoms with Crippen molar-refractivity contribution in [3.05, 3.63) is 69.3 Å². The van der Waals surface area contributed by atoms with E-state index in [1.807, 2.05) is 19.2 Å². The zero-order chi connectivity index (χ0) is 20.3. The van der Waals surface area contributed by atoms with Gasteiger partial charge in [-0.25, -0.2) is 9.37 Å². The summed E-state index contributed by atoms with van der Waals surface area (Å²) < 4.78 is 14.0. The van der Waals surface area contributed by atoms with Crippen molar-refractivity contribution in [3.63, 3.8) is 0 Å². The summed E-state index contributed by atoms with van der Waals surface area (Å²) in [6, 6.07) is 4.65. The average molecular weight is 421 g/mol. The van der Waals surface area contributed by atoms with Crippen LogP contribution in [0.15, 0.2) is 36.8 Å². The maximum absolute atomic E-state index is 14.0. The van der Waals surface area contributed by atoms with Crippen molar-refractivity contribution < 1.29 is 9.50 Å². The van der Waals surface area contributed by atoms with Crippen LogP contribution in [-0.4, -0.2) is 34.4 Å². The Morgan fingerprint density at radius 1 is 1.43 bits per heavy atom. The highest BCUT2D eigenvalue weighted by Gasteiger charge is 2.21. The standard InChI is InChI=1S/C20H19Cl2FN4O/c1-11(18-16(21)2-3-17(23)19(18)22)15-10-27-20-14(15)6-12(9-26-20)13(7-24)8-25-4-5-28/h2-3,6-11,24-25,28H,4-5H2,1H3,(H,26,27)/b13-8+,24-7?/t11-/m1/s1. The van der Waals surface area contributed by atoms with Crippen molar-refractivity contribution in [2.24, 2.45) is 0 Å². The monoisotopic (exact) mass is 420 g/mol. The lowest BCUT2D eigenvalue weighted by molar-refractivity contribution is 0.298. The van der Waals surface area contributed by atoms with E-state index in [0.29, 0.717) is 28.4 Å². The molecule has 2 aromatic heterocycles. The van der Waals surface area contributed by atoms with Gasteiger partial charge in [0.2, 0.25) is 0 Å². The quantitative estimate of drug-likeness (QED) is 0.253. The molecule has 0 saturated heterocycles. The smallest absolute Gasteiger partial charge is 0.142 e. The molecule has 0 bridgehead atoms. The lowest BCUT2D eigenvalue weighted by Crippen LogP contribution is -2.11. The number of aromatic amines is 1. The molecule has 0 spiro atoms. The second kappa shape index (κ2) is 8.73. The van der Waals surface area contributed by atoms with Gasteiger partial charge < -0.3 is 20.8 Å². The van der Waals surface area contributed by atoms with Gasteiger partial charge in [-0.05, 0) is 29.3 Å². The molecule has 1 atom stereocenters. The molecule has 8 heteroatoms. The number of hydrogen-bond acceptors (Lipinski definition) is 4. The van der Waals surface area contributed by atoms with Crippen molar-refractivity contribution in [2.45, 2.75) is 12.8 Å². The summed E-state index contributed by atoms with van der Waals surface area (Å²) in [6.45, 7) is 2.28. The van der Waals surface area contributed by atoms with Crippen LogP contribution in [0.25, 0.3) is 16.6 Å². The molecule has 0 unspecified atom stereocenters. The average Bonchev–Trinajstić information content (AvgIpc) is 3.11. The van der Waals surface area contributed by atoms with E-state index in [9.17, 15) is 4.39 Å². The molecular weight excluding hydrogens is 402 g/mol. The molecule has 1 aromatic carbocycles. The number of benzene rings is 1. The van der Waals surface area contributed by atoms with Gasteiger partial charge in [0.25, 0.3) is 0 Å². The van der Waals surface area contributed by atoms with E-state index in [2.05, 4.69) is 15.3 Å². The third-order valence-corrected chi connectivity index (χ3v) is 5.26. The summed E-state index contributed by atoms with van der Waals surface area (Å²) in [4.78, 5) is 7.53. The van der Waals surface area contributed by atoms with Gasteiger partial charge in [-0.2, -0.15) is 0 Å². The lowest BCUT2D eigenvalue weighted by atomic mass is 9.92. The predicted octanol–water partition coefficient (Wildman–Crippen LogP) is 4.73. The number of rotatable bonds is 7. The van der Waals surface area contributed by atoms with Crippen molar-refractivity contribution in [1.29, 1.82) is 5.41 Å². The second-order valence-corrected chi connectivity index (χ2v) is 7.05. The first-order valence-corrected chi connectivity index (χ1v) is 9.39. The van der Waals surface area contributed by atoms with Crippen LogP contribution >= 0.6 is 23.2 Å². The van der Waals surface area contributed by atoms with Crippen molar-refractivity contribution >= 4 is 46.0 Å². The van der Waals surface area contributed by atoms with Crippen LogP contribution in [-0.2, 0) is 0 Å². The highest BCUT2D eigenvalue weighted by molar-refractivity contribution is 6.36. The Morgan fingerprint density at radius 2 is 2.21 bits per heavy atom. The van der Waals surface area contributed by atoms with Crippen LogP contribution in [0.3, 0.4) is 0 Å². The number of nitrogens with one attached hydrogen (secondary N) is 3. The molecule has 3 rings (SSSR count). The normalized spacial score (nSPS) is 13.0. The second-order valence-electron chi connectivity index (χ2n) is 6.26. The fourth-order valence-corrected chi connectivity index (χ4v) is 3.79. The molecule has 3 aromatic rings. The lowest BCUT2D eigenvalue weighted by Gasteiger charge is -2.16. The minimum atomic E-state index is -0.518. The summed E-state index contributed by atoms with van der Waals surface area (Å²) in [5.41, 5.74) is 3.40. The highest BCUT2D eigenvalue weighted by Crippen LogP contribution is 2.39. The molecule has 0 radical (unpaired) electrons. The van der Waals surface area contributed by atoms with Gasteiger partial charge in [0.05, 0.1) is 11.6 Å². The van der Waals surface area contributed by atoms with Crippen LogP contribution in [0.5, 0.6) is 0 Å². The number of aliphatic hydroxyl groups excluding tert-OH is 1. The van der Waals surface area contributed by atoms with Gasteiger partial charge in [0.1, 0.15) is 11.5 Å². The Hall–Kier alpha value is -2.41. The van der Waals surface area contributed by atoms with Gasteiger partial charge in [-0.15, -0.1) is 0 Å². The van der Waals surface area contributed by atoms with Crippen LogP contribution in [0.4, 0.5) is 4.39 Å². The number of fused-ring (bicyclic) bond motifs is 1. The topological polar surface area (TPSA) is 84.8 Å². The van der Waals surface area contributed by atoms with Gasteiger partial charge in [0, 0.05) is 58.8 Å². The van der Waals surface area contributed by atoms with E-state index in [1.165, 1.54) is 18.3 Å². The SMILES string of the molecule is C[C@@H](c1c(Cl)ccc(F)c1Cl)c1c[nH]c2ncc(/C(C=N)=C/NCCO)cc12. The largest absolute Gasteiger partial charge is 0.395 e. The van der Waals surface area contributed by atoms with Crippen LogP contribution in [0.1, 0.15) is 29.5 Å². The van der Waals surface area contributed by atoms with Gasteiger partial charge in [-0.3, -0.25) is 0 Å². The Labute approximate surface area is 171 Å². The molecule has 0 saturated carbocycles. The fraction of sp³-hybridized carbons (Fsp3) is 0.200. The molecule has 4 N–H and O–H groups in total. The van der Waals surface area contributed by atoms with E-state index < -0.39 is 5.82 Å². The van der Waals surface area contributed by atoms with Crippen molar-refractivity contribution in [2.75, 3.05) is 13.2 Å². The Kier molecular flexibility index (Phi) is 6.34. The van der Waals surface area contributed by atoms with E-state index in [-0.39, 0.29) is 17.5 Å². The third kappa shape index (κ3) is 3.90. The molecule has 0 aliphatic heterocycles. The van der Waals surface area contributed by atoms with Gasteiger partial charge >= 0.3 is 0 Å². The van der Waals surface area contributed by atoms with Crippen LogP contribution < -0.4 is 5.32 Å². The summed E-state index contributed by atoms with van der Waals surface area (Å²) in [5.74, 6) is -0.794. The van der Waals surface area contributed by atoms with Crippen LogP contribution in [0.2, 0.25) is 10.0 Å². The number of aliphatic hydroxyl groups is 1. The molecule has 5 nitrogen and oxygen atoms in total. The predicted molar refractivity (Wildman–Crippen MR) is 112 cm³/mol. The molecular formula is C20H19Cl2FN4O. The van der Waals surface area contributed by atoms with Crippen molar-refractivity contribution in [3.8, 4) is 0 Å². The maximum atomic E-state index is 14.0. The van der Waals surface area contributed by atoms with E-state index in [0.717, 1.165) is 16.5 Å². The Bertz CT molecular complexity index is 1050. The van der Waals surface area contributed by atoms with Gasteiger partial charge in [-0.1, -0.05) is 30.1 Å². The maximum Gasteiger partial charge on any atom is 0.142 e. The molecule has 146 valence electrons. The first-order chi connectivity index (χ1) is 13.5. The summed E-state index contributed by atoms with van der Waals surface area (Å²) in [6.07, 6.45) is 6.33. The first-order valence-electron chi connectivity index (χ1n) is 8.63. The van der Waals surface area contributed by atoms with Gasteiger partial charge in [0.15, 0.2) is 0 Å². The molecule has 0 aliphatic rings. The zero-order valence-corrected chi connectivity index (χ0v) is 16.6. The molecule has 2 heterocycles. The van der Waals surface area contributed by atoms with Crippen LogP contribution in [0, 0.1) is 11.2 Å². The minimum Gasteiger partial charge on any atom is -0.395 e. The summed E-state index contributed by atoms with van der Waals surface area (Å²) in [5, 5.41) is 20.7. The number of allylic oxidation sites excluding steroid dienone is 1. The number of hydrogen-bond donors (Lipinski definition) is 4. The summed E-state index contributed by atoms with van der Waals surface area (Å²) in [7, 11) is 0. The number of H-pyrrole nitrogens is 1. The number of halogens is 3. The minimum absolute atomic E-state index is 0.00624. The number of pyridine rings is 1. The third-order valence-electron chi connectivity index (χ3n) is 4.54. The first kappa shape index (κ1) is 20.3. The van der Waals surface area contributed by atoms with Crippen molar-refractivity contribution in [1.82, 2.24) is 15.3 Å². The molecule has 0 aliphatic carbocycles. The van der Waals surface area contributed by atoms with E-state index in [4.69, 9.17) is 33.7 Å². The number of nitrogens with zero attached hydrogens (tertiary/aromatic N) is 1. The molecule has 28 heavy (non-hydrogen) atoms. The Morgan fingerprint density at radius 3 is 2.93 bits per heavy atom. The molecule has 0 amide bonds. The summed E-state index contributed by atoms with van der Waals surface area (Å²) >= 11 is 12.5. The zero-order valence-electron chi connectivity index (χ0n) is 15.1.